The van der Waals surface area contributed by atoms with Gasteiger partial charge in [0.1, 0.15) is 17.3 Å². The first kappa shape index (κ1) is 14.4. The van der Waals surface area contributed by atoms with Crippen LogP contribution in [-0.2, 0) is 4.79 Å². The lowest BCUT2D eigenvalue weighted by Gasteiger charge is -2.06. The van der Waals surface area contributed by atoms with E-state index in [0.29, 0.717) is 22.3 Å². The first-order valence-electron chi connectivity index (χ1n) is 6.68. The molecule has 0 spiro atoms. The van der Waals surface area contributed by atoms with Crippen molar-refractivity contribution in [2.45, 2.75) is 0 Å². The Morgan fingerprint density at radius 2 is 2.00 bits per heavy atom. The Kier molecular flexibility index (Phi) is 3.94. The molecule has 0 saturated carbocycles. The predicted molar refractivity (Wildman–Crippen MR) is 87.1 cm³/mol. The summed E-state index contributed by atoms with van der Waals surface area (Å²) in [4.78, 5) is 16.4. The van der Waals surface area contributed by atoms with E-state index in [-0.39, 0.29) is 5.91 Å². The van der Waals surface area contributed by atoms with Crippen molar-refractivity contribution in [3.63, 3.8) is 0 Å². The molecule has 2 aromatic carbocycles. The Morgan fingerprint density at radius 1 is 1.18 bits per heavy atom. The Hall–Kier alpha value is -2.59. The number of rotatable bonds is 3. The molecule has 0 radical (unpaired) electrons. The van der Waals surface area contributed by atoms with Crippen molar-refractivity contribution < 1.29 is 9.53 Å². The second-order valence-electron chi connectivity index (χ2n) is 4.70. The fraction of sp³-hybridized carbons (Fsp3) is 0.0588. The molecule has 0 bridgehead atoms. The predicted octanol–water partition coefficient (Wildman–Crippen LogP) is 3.27. The van der Waals surface area contributed by atoms with Crippen molar-refractivity contribution in [3.05, 3.63) is 70.4 Å². The fourth-order valence-corrected chi connectivity index (χ4v) is 2.39. The van der Waals surface area contributed by atoms with Gasteiger partial charge in [0.2, 0.25) is 0 Å². The van der Waals surface area contributed by atoms with Gasteiger partial charge in [-0.15, -0.1) is 0 Å². The average molecular weight is 313 g/mol. The van der Waals surface area contributed by atoms with Crippen molar-refractivity contribution in [2.24, 2.45) is 4.99 Å². The van der Waals surface area contributed by atoms with E-state index in [1.54, 1.807) is 25.3 Å². The average Bonchev–Trinajstić information content (AvgIpc) is 2.88. The van der Waals surface area contributed by atoms with Gasteiger partial charge in [0, 0.05) is 5.02 Å². The number of carbonyl (C=O) groups excluding carboxylic acids is 1. The van der Waals surface area contributed by atoms with Crippen molar-refractivity contribution in [1.29, 1.82) is 0 Å². The summed E-state index contributed by atoms with van der Waals surface area (Å²) in [5, 5.41) is 3.37. The molecule has 22 heavy (non-hydrogen) atoms. The van der Waals surface area contributed by atoms with E-state index >= 15 is 0 Å². The van der Waals surface area contributed by atoms with Gasteiger partial charge in [-0.2, -0.15) is 0 Å². The minimum Gasteiger partial charge on any atom is -0.496 e. The molecule has 0 unspecified atom stereocenters. The van der Waals surface area contributed by atoms with Crippen LogP contribution in [0.15, 0.2) is 59.2 Å². The number of methoxy groups -OCH3 is 1. The third kappa shape index (κ3) is 2.87. The molecule has 2 aromatic rings. The summed E-state index contributed by atoms with van der Waals surface area (Å²) in [5.41, 5.74) is 1.90. The summed E-state index contributed by atoms with van der Waals surface area (Å²) in [5.74, 6) is 0.891. The topological polar surface area (TPSA) is 50.7 Å². The van der Waals surface area contributed by atoms with E-state index < -0.39 is 0 Å². The van der Waals surface area contributed by atoms with Crippen LogP contribution in [0.3, 0.4) is 0 Å². The standard InChI is InChI=1S/C17H13ClN2O2/c1-22-15-8-3-2-7-13(15)16-19-14(17(21)20-16)10-11-5-4-6-12(18)9-11/h2-10H,1H3,(H,19,20,21)/b14-10+. The minimum absolute atomic E-state index is 0.249. The van der Waals surface area contributed by atoms with Gasteiger partial charge in [-0.3, -0.25) is 4.79 Å². The van der Waals surface area contributed by atoms with E-state index in [1.807, 2.05) is 36.4 Å². The SMILES string of the molecule is COc1ccccc1C1=N/C(=C/c2cccc(Cl)c2)C(=O)N1. The minimum atomic E-state index is -0.249. The lowest BCUT2D eigenvalue weighted by Crippen LogP contribution is -2.25. The quantitative estimate of drug-likeness (QED) is 0.884. The van der Waals surface area contributed by atoms with Crippen LogP contribution in [0.25, 0.3) is 6.08 Å². The van der Waals surface area contributed by atoms with Crippen molar-refractivity contribution >= 4 is 29.4 Å². The lowest BCUT2D eigenvalue weighted by molar-refractivity contribution is -0.115. The highest BCUT2D eigenvalue weighted by Gasteiger charge is 2.23. The molecular weight excluding hydrogens is 300 g/mol. The molecule has 0 aromatic heterocycles. The maximum absolute atomic E-state index is 12.1. The van der Waals surface area contributed by atoms with Crippen molar-refractivity contribution in [2.75, 3.05) is 7.11 Å². The highest BCUT2D eigenvalue weighted by molar-refractivity contribution is 6.30. The molecule has 1 N–H and O–H groups in total. The Labute approximate surface area is 133 Å². The summed E-state index contributed by atoms with van der Waals surface area (Å²) in [7, 11) is 1.58. The molecule has 0 saturated heterocycles. The number of nitrogens with one attached hydrogen (secondary N) is 1. The highest BCUT2D eigenvalue weighted by atomic mass is 35.5. The molecule has 1 aliphatic heterocycles. The van der Waals surface area contributed by atoms with Gasteiger partial charge in [-0.25, -0.2) is 4.99 Å². The van der Waals surface area contributed by atoms with E-state index in [1.165, 1.54) is 0 Å². The zero-order valence-corrected chi connectivity index (χ0v) is 12.6. The summed E-state index contributed by atoms with van der Waals surface area (Å²) in [6, 6.07) is 14.6. The molecule has 3 rings (SSSR count). The number of amides is 1. The number of benzene rings is 2. The zero-order valence-electron chi connectivity index (χ0n) is 11.8. The number of halogens is 1. The van der Waals surface area contributed by atoms with Gasteiger partial charge in [-0.1, -0.05) is 35.9 Å². The molecule has 0 fully saturated rings. The van der Waals surface area contributed by atoms with Crippen LogP contribution in [0.4, 0.5) is 0 Å². The molecular formula is C17H13ClN2O2. The summed E-state index contributed by atoms with van der Waals surface area (Å²) in [6.45, 7) is 0. The third-order valence-corrected chi connectivity index (χ3v) is 3.45. The number of para-hydroxylation sites is 1. The van der Waals surface area contributed by atoms with E-state index in [2.05, 4.69) is 10.3 Å². The van der Waals surface area contributed by atoms with Crippen LogP contribution in [0.1, 0.15) is 11.1 Å². The molecule has 110 valence electrons. The first-order chi connectivity index (χ1) is 10.7. The van der Waals surface area contributed by atoms with E-state index in [9.17, 15) is 4.79 Å². The number of amidine groups is 1. The molecule has 0 atom stereocenters. The van der Waals surface area contributed by atoms with Crippen LogP contribution >= 0.6 is 11.6 Å². The van der Waals surface area contributed by atoms with Crippen LogP contribution in [0.2, 0.25) is 5.02 Å². The Morgan fingerprint density at radius 3 is 2.77 bits per heavy atom. The Balaban J connectivity index is 1.98. The number of aliphatic imine (C=N–C) groups is 1. The van der Waals surface area contributed by atoms with Gasteiger partial charge in [0.25, 0.3) is 5.91 Å². The number of carbonyl (C=O) groups is 1. The van der Waals surface area contributed by atoms with Crippen LogP contribution in [0, 0.1) is 0 Å². The second-order valence-corrected chi connectivity index (χ2v) is 5.14. The number of nitrogens with zero attached hydrogens (tertiary/aromatic N) is 1. The first-order valence-corrected chi connectivity index (χ1v) is 7.06. The number of hydrogen-bond donors (Lipinski definition) is 1. The van der Waals surface area contributed by atoms with Crippen LogP contribution in [0.5, 0.6) is 5.75 Å². The van der Waals surface area contributed by atoms with Gasteiger partial charge in [0.15, 0.2) is 0 Å². The maximum atomic E-state index is 12.1. The van der Waals surface area contributed by atoms with Gasteiger partial charge in [0.05, 0.1) is 12.7 Å². The molecule has 4 nitrogen and oxygen atoms in total. The van der Waals surface area contributed by atoms with Crippen LogP contribution in [-0.4, -0.2) is 18.9 Å². The molecule has 5 heteroatoms. The highest BCUT2D eigenvalue weighted by Crippen LogP contribution is 2.22. The monoisotopic (exact) mass is 312 g/mol. The van der Waals surface area contributed by atoms with Crippen molar-refractivity contribution in [1.82, 2.24) is 5.32 Å². The molecule has 0 aliphatic carbocycles. The van der Waals surface area contributed by atoms with E-state index in [0.717, 1.165) is 11.1 Å². The van der Waals surface area contributed by atoms with Gasteiger partial charge < -0.3 is 10.1 Å². The summed E-state index contributed by atoms with van der Waals surface area (Å²) >= 11 is 5.95. The molecule has 1 heterocycles. The largest absolute Gasteiger partial charge is 0.496 e. The summed E-state index contributed by atoms with van der Waals surface area (Å²) < 4.78 is 5.29. The van der Waals surface area contributed by atoms with Crippen molar-refractivity contribution in [3.8, 4) is 5.75 Å². The van der Waals surface area contributed by atoms with Gasteiger partial charge >= 0.3 is 0 Å². The summed E-state index contributed by atoms with van der Waals surface area (Å²) in [6.07, 6.45) is 1.70. The lowest BCUT2D eigenvalue weighted by atomic mass is 10.2. The molecule has 1 aliphatic rings. The molecule has 1 amide bonds. The smallest absolute Gasteiger partial charge is 0.275 e. The second kappa shape index (κ2) is 6.03. The number of ether oxygens (including phenoxy) is 1. The van der Waals surface area contributed by atoms with Crippen LogP contribution < -0.4 is 10.1 Å². The number of hydrogen-bond acceptors (Lipinski definition) is 3. The normalized spacial score (nSPS) is 15.6. The van der Waals surface area contributed by atoms with Gasteiger partial charge in [-0.05, 0) is 35.9 Å². The third-order valence-electron chi connectivity index (χ3n) is 3.21. The van der Waals surface area contributed by atoms with E-state index in [4.69, 9.17) is 16.3 Å². The maximum Gasteiger partial charge on any atom is 0.275 e. The Bertz CT molecular complexity index is 797. The fourth-order valence-electron chi connectivity index (χ4n) is 2.19. The zero-order chi connectivity index (χ0) is 15.5.